The summed E-state index contributed by atoms with van der Waals surface area (Å²) in [6.45, 7) is 6.64. The number of phenolic OH excluding ortho intramolecular Hbond substituents is 1. The van der Waals surface area contributed by atoms with E-state index in [1.165, 1.54) is 12.1 Å². The van der Waals surface area contributed by atoms with E-state index in [0.717, 1.165) is 49.6 Å². The van der Waals surface area contributed by atoms with E-state index in [0.29, 0.717) is 57.0 Å². The average Bonchev–Trinajstić information content (AvgIpc) is 3.31. The first-order valence-corrected chi connectivity index (χ1v) is 15.6. The summed E-state index contributed by atoms with van der Waals surface area (Å²) < 4.78 is 16.1. The zero-order valence-corrected chi connectivity index (χ0v) is 26.5. The number of hydrogen-bond acceptors (Lipinski definition) is 5. The third kappa shape index (κ3) is 6.49. The van der Waals surface area contributed by atoms with Gasteiger partial charge in [-0.15, -0.1) is 0 Å². The van der Waals surface area contributed by atoms with Crippen LogP contribution >= 0.6 is 23.2 Å². The SMILES string of the molecule is CCCNC(=O)c1cc2nc(Cc3c(Cl)ccc(CNC(=O)c4c(O)cccc4F)c3Cl)n(C)c2cc1N1CCC(C)CC1. The molecule has 3 N–H and O–H groups in total. The molecule has 2 amide bonds. The highest BCUT2D eigenvalue weighted by Crippen LogP contribution is 2.34. The van der Waals surface area contributed by atoms with Crippen molar-refractivity contribution in [1.82, 2.24) is 20.2 Å². The Labute approximate surface area is 266 Å². The molecule has 1 aliphatic rings. The lowest BCUT2D eigenvalue weighted by atomic mass is 9.97. The summed E-state index contributed by atoms with van der Waals surface area (Å²) in [5.74, 6) is -0.792. The first-order valence-electron chi connectivity index (χ1n) is 14.8. The number of aryl methyl sites for hydroxylation is 1. The van der Waals surface area contributed by atoms with E-state index in [1.807, 2.05) is 24.6 Å². The van der Waals surface area contributed by atoms with Crippen molar-refractivity contribution in [2.75, 3.05) is 24.5 Å². The van der Waals surface area contributed by atoms with Crippen LogP contribution in [0.15, 0.2) is 42.5 Å². The molecule has 0 radical (unpaired) electrons. The maximum atomic E-state index is 14.2. The Morgan fingerprint density at radius 3 is 2.55 bits per heavy atom. The van der Waals surface area contributed by atoms with Gasteiger partial charge in [0.2, 0.25) is 0 Å². The molecular formula is C33H36Cl2FN5O3. The predicted octanol–water partition coefficient (Wildman–Crippen LogP) is 6.62. The molecule has 11 heteroatoms. The van der Waals surface area contributed by atoms with E-state index < -0.39 is 23.0 Å². The third-order valence-electron chi connectivity index (χ3n) is 8.25. The van der Waals surface area contributed by atoms with E-state index in [2.05, 4.69) is 28.5 Å². The van der Waals surface area contributed by atoms with Gasteiger partial charge >= 0.3 is 0 Å². The van der Waals surface area contributed by atoms with Crippen molar-refractivity contribution in [3.63, 3.8) is 0 Å². The number of nitrogens with zero attached hydrogens (tertiary/aromatic N) is 3. The van der Waals surface area contributed by atoms with E-state index in [9.17, 15) is 19.1 Å². The van der Waals surface area contributed by atoms with Gasteiger partial charge in [-0.05, 0) is 66.6 Å². The number of imidazole rings is 1. The minimum absolute atomic E-state index is 0.00774. The number of halogens is 3. The minimum Gasteiger partial charge on any atom is -0.507 e. The van der Waals surface area contributed by atoms with Gasteiger partial charge in [0.05, 0.1) is 27.3 Å². The second-order valence-corrected chi connectivity index (χ2v) is 12.1. The number of carbonyl (C=O) groups is 2. The fourth-order valence-electron chi connectivity index (χ4n) is 5.57. The van der Waals surface area contributed by atoms with Crippen molar-refractivity contribution in [2.45, 2.75) is 46.1 Å². The standard InChI is InChI=1S/C33H36Cl2FN5O3/c1-4-12-37-32(43)22-15-25-27(17-26(22)41-13-10-19(2)11-14-41)40(3)29(39-25)16-21-23(34)9-8-20(31(21)35)18-38-33(44)30-24(36)6-5-7-28(30)42/h5-9,15,17,19,42H,4,10-14,16,18H2,1-3H3,(H,37,43)(H,38,44). The molecule has 2 heterocycles. The van der Waals surface area contributed by atoms with Crippen LogP contribution in [0.25, 0.3) is 11.0 Å². The van der Waals surface area contributed by atoms with Crippen molar-refractivity contribution in [2.24, 2.45) is 13.0 Å². The van der Waals surface area contributed by atoms with Gasteiger partial charge in [0.1, 0.15) is 23.0 Å². The molecule has 1 fully saturated rings. The molecule has 5 rings (SSSR count). The van der Waals surface area contributed by atoms with Crippen LogP contribution in [0.1, 0.15) is 70.8 Å². The number of hydrogen-bond donors (Lipinski definition) is 3. The molecule has 0 saturated carbocycles. The van der Waals surface area contributed by atoms with Crippen LogP contribution in [0.5, 0.6) is 5.75 Å². The van der Waals surface area contributed by atoms with Gasteiger partial charge in [-0.1, -0.05) is 49.2 Å². The van der Waals surface area contributed by atoms with E-state index in [4.69, 9.17) is 28.2 Å². The number of anilines is 1. The number of carbonyl (C=O) groups excluding carboxylic acids is 2. The molecule has 0 bridgehead atoms. The Bertz CT molecular complexity index is 1700. The van der Waals surface area contributed by atoms with Crippen LogP contribution in [0, 0.1) is 11.7 Å². The van der Waals surface area contributed by atoms with Crippen molar-refractivity contribution >= 4 is 51.7 Å². The molecule has 8 nitrogen and oxygen atoms in total. The van der Waals surface area contributed by atoms with Crippen LogP contribution in [0.3, 0.4) is 0 Å². The zero-order chi connectivity index (χ0) is 31.5. The highest BCUT2D eigenvalue weighted by atomic mass is 35.5. The number of benzene rings is 3. The highest BCUT2D eigenvalue weighted by molar-refractivity contribution is 6.36. The Morgan fingerprint density at radius 1 is 1.09 bits per heavy atom. The smallest absolute Gasteiger partial charge is 0.258 e. The van der Waals surface area contributed by atoms with E-state index in [1.54, 1.807) is 12.1 Å². The monoisotopic (exact) mass is 639 g/mol. The lowest BCUT2D eigenvalue weighted by molar-refractivity contribution is 0.0939. The second kappa shape index (κ2) is 13.4. The molecule has 0 aliphatic carbocycles. The topological polar surface area (TPSA) is 99.5 Å². The first kappa shape index (κ1) is 31.6. The van der Waals surface area contributed by atoms with Crippen LogP contribution in [0.2, 0.25) is 10.0 Å². The van der Waals surface area contributed by atoms with Crippen molar-refractivity contribution in [1.29, 1.82) is 0 Å². The molecule has 1 aliphatic heterocycles. The van der Waals surface area contributed by atoms with Gasteiger partial charge in [0, 0.05) is 44.7 Å². The Hall–Kier alpha value is -3.82. The summed E-state index contributed by atoms with van der Waals surface area (Å²) in [5, 5.41) is 16.4. The Kier molecular flexibility index (Phi) is 9.65. The molecule has 44 heavy (non-hydrogen) atoms. The molecule has 3 aromatic carbocycles. The molecule has 0 spiro atoms. The number of rotatable bonds is 9. The molecule has 232 valence electrons. The summed E-state index contributed by atoms with van der Waals surface area (Å²) in [7, 11) is 1.93. The minimum atomic E-state index is -0.823. The van der Waals surface area contributed by atoms with Crippen LogP contribution < -0.4 is 15.5 Å². The largest absolute Gasteiger partial charge is 0.507 e. The quantitative estimate of drug-likeness (QED) is 0.191. The highest BCUT2D eigenvalue weighted by Gasteiger charge is 2.24. The van der Waals surface area contributed by atoms with Gasteiger partial charge in [0.25, 0.3) is 11.8 Å². The summed E-state index contributed by atoms with van der Waals surface area (Å²) in [6, 6.07) is 11.0. The number of aromatic nitrogens is 2. The summed E-state index contributed by atoms with van der Waals surface area (Å²) in [5.41, 5.74) is 3.87. The molecule has 1 aromatic heterocycles. The van der Waals surface area contributed by atoms with Crippen LogP contribution in [-0.4, -0.2) is 46.1 Å². The molecule has 4 aromatic rings. The number of piperidine rings is 1. The van der Waals surface area contributed by atoms with Crippen LogP contribution in [-0.2, 0) is 20.0 Å². The maximum absolute atomic E-state index is 14.2. The number of amides is 2. The molecular weight excluding hydrogens is 604 g/mol. The fraction of sp³-hybridized carbons (Fsp3) is 0.364. The maximum Gasteiger partial charge on any atom is 0.258 e. The molecule has 1 saturated heterocycles. The second-order valence-electron chi connectivity index (χ2n) is 11.4. The Balaban J connectivity index is 1.45. The summed E-state index contributed by atoms with van der Waals surface area (Å²) >= 11 is 13.4. The van der Waals surface area contributed by atoms with Gasteiger partial charge in [-0.2, -0.15) is 0 Å². The predicted molar refractivity (Wildman–Crippen MR) is 172 cm³/mol. The van der Waals surface area contributed by atoms with Gasteiger partial charge < -0.3 is 25.2 Å². The summed E-state index contributed by atoms with van der Waals surface area (Å²) in [6.07, 6.45) is 3.28. The average molecular weight is 641 g/mol. The normalized spacial score (nSPS) is 13.8. The van der Waals surface area contributed by atoms with E-state index in [-0.39, 0.29) is 12.5 Å². The summed E-state index contributed by atoms with van der Waals surface area (Å²) in [4.78, 5) is 33.0. The van der Waals surface area contributed by atoms with Gasteiger partial charge in [-0.25, -0.2) is 9.37 Å². The third-order valence-corrected chi connectivity index (χ3v) is 9.08. The lowest BCUT2D eigenvalue weighted by Crippen LogP contribution is -2.35. The number of aromatic hydroxyl groups is 1. The Morgan fingerprint density at radius 2 is 1.84 bits per heavy atom. The zero-order valence-electron chi connectivity index (χ0n) is 25.0. The van der Waals surface area contributed by atoms with Gasteiger partial charge in [0.15, 0.2) is 0 Å². The number of fused-ring (bicyclic) bond motifs is 1. The van der Waals surface area contributed by atoms with Crippen molar-refractivity contribution < 1.29 is 19.1 Å². The number of phenols is 1. The fourth-order valence-corrected chi connectivity index (χ4v) is 6.14. The van der Waals surface area contributed by atoms with Gasteiger partial charge in [-0.3, -0.25) is 9.59 Å². The number of nitrogens with one attached hydrogen (secondary N) is 2. The van der Waals surface area contributed by atoms with E-state index >= 15 is 0 Å². The van der Waals surface area contributed by atoms with Crippen molar-refractivity contribution in [3.8, 4) is 5.75 Å². The lowest BCUT2D eigenvalue weighted by Gasteiger charge is -2.33. The van der Waals surface area contributed by atoms with Crippen molar-refractivity contribution in [3.05, 3.63) is 86.4 Å². The molecule has 0 unspecified atom stereocenters. The molecule has 0 atom stereocenters. The van der Waals surface area contributed by atoms with Crippen LogP contribution in [0.4, 0.5) is 10.1 Å². The first-order chi connectivity index (χ1) is 21.1.